The standard InChI is InChI=1S/C8H8ClN5O2S/c9-6-4(3-10)7(17-14-6)12-2-1-5(15)13-8(11)16/h12H,1-2H2,(H3,11,13,15,16). The second kappa shape index (κ2) is 6.03. The molecule has 0 bridgehead atoms. The van der Waals surface area contributed by atoms with E-state index in [-0.39, 0.29) is 23.7 Å². The first-order valence-corrected chi connectivity index (χ1v) is 5.58. The van der Waals surface area contributed by atoms with Gasteiger partial charge in [-0.15, -0.1) is 0 Å². The van der Waals surface area contributed by atoms with Crippen molar-refractivity contribution in [2.45, 2.75) is 6.42 Å². The number of primary amides is 1. The number of imide groups is 1. The molecule has 0 radical (unpaired) electrons. The summed E-state index contributed by atoms with van der Waals surface area (Å²) < 4.78 is 3.78. The first-order valence-electron chi connectivity index (χ1n) is 4.43. The minimum Gasteiger partial charge on any atom is -0.374 e. The lowest BCUT2D eigenvalue weighted by molar-refractivity contribution is -0.119. The summed E-state index contributed by atoms with van der Waals surface area (Å²) in [5.41, 5.74) is 5.01. The quantitative estimate of drug-likeness (QED) is 0.744. The highest BCUT2D eigenvalue weighted by molar-refractivity contribution is 7.10. The van der Waals surface area contributed by atoms with E-state index in [0.717, 1.165) is 11.5 Å². The first kappa shape index (κ1) is 13.2. The normalized spacial score (nSPS) is 9.41. The van der Waals surface area contributed by atoms with Crippen LogP contribution in [-0.2, 0) is 4.79 Å². The highest BCUT2D eigenvalue weighted by Crippen LogP contribution is 2.27. The van der Waals surface area contributed by atoms with Crippen LogP contribution in [0.1, 0.15) is 12.0 Å². The molecule has 3 amide bonds. The van der Waals surface area contributed by atoms with Gasteiger partial charge >= 0.3 is 6.03 Å². The Hall–Kier alpha value is -1.85. The molecule has 0 saturated carbocycles. The van der Waals surface area contributed by atoms with Gasteiger partial charge < -0.3 is 11.1 Å². The van der Waals surface area contributed by atoms with Crippen molar-refractivity contribution in [3.8, 4) is 6.07 Å². The Bertz CT molecular complexity index is 481. The maximum absolute atomic E-state index is 11.0. The van der Waals surface area contributed by atoms with Crippen molar-refractivity contribution in [1.29, 1.82) is 5.26 Å². The molecular formula is C8H8ClN5O2S. The lowest BCUT2D eigenvalue weighted by atomic mass is 10.3. The highest BCUT2D eigenvalue weighted by atomic mass is 35.5. The fourth-order valence-corrected chi connectivity index (χ4v) is 1.94. The number of amides is 3. The number of anilines is 1. The van der Waals surface area contributed by atoms with Crippen LogP contribution in [0, 0.1) is 11.3 Å². The van der Waals surface area contributed by atoms with E-state index < -0.39 is 11.9 Å². The Morgan fingerprint density at radius 2 is 2.29 bits per heavy atom. The molecule has 0 aromatic carbocycles. The van der Waals surface area contributed by atoms with Gasteiger partial charge in [0.15, 0.2) is 5.15 Å². The number of halogens is 1. The van der Waals surface area contributed by atoms with Crippen molar-refractivity contribution in [2.24, 2.45) is 5.73 Å². The SMILES string of the molecule is N#Cc1c(Cl)nsc1NCCC(=O)NC(N)=O. The van der Waals surface area contributed by atoms with Gasteiger partial charge in [0.25, 0.3) is 0 Å². The Balaban J connectivity index is 2.44. The summed E-state index contributed by atoms with van der Waals surface area (Å²) in [6.45, 7) is 0.242. The van der Waals surface area contributed by atoms with Crippen LogP contribution in [0.3, 0.4) is 0 Å². The lowest BCUT2D eigenvalue weighted by Gasteiger charge is -2.03. The predicted molar refractivity (Wildman–Crippen MR) is 62.7 cm³/mol. The van der Waals surface area contributed by atoms with Crippen molar-refractivity contribution < 1.29 is 9.59 Å². The van der Waals surface area contributed by atoms with E-state index >= 15 is 0 Å². The zero-order valence-electron chi connectivity index (χ0n) is 8.49. The van der Waals surface area contributed by atoms with Crippen molar-refractivity contribution in [3.05, 3.63) is 10.7 Å². The molecule has 0 aliphatic heterocycles. The van der Waals surface area contributed by atoms with Crippen LogP contribution in [0.5, 0.6) is 0 Å². The van der Waals surface area contributed by atoms with Gasteiger partial charge in [-0.25, -0.2) is 4.79 Å². The number of hydrogen-bond acceptors (Lipinski definition) is 6. The van der Waals surface area contributed by atoms with Gasteiger partial charge in [0.1, 0.15) is 16.6 Å². The highest BCUT2D eigenvalue weighted by Gasteiger charge is 2.11. The molecule has 1 aromatic rings. The number of carbonyl (C=O) groups is 2. The number of nitriles is 1. The summed E-state index contributed by atoms with van der Waals surface area (Å²) in [4.78, 5) is 21.4. The number of rotatable bonds is 4. The van der Waals surface area contributed by atoms with Gasteiger partial charge in [0, 0.05) is 13.0 Å². The van der Waals surface area contributed by atoms with Crippen LogP contribution >= 0.6 is 23.1 Å². The van der Waals surface area contributed by atoms with E-state index in [1.165, 1.54) is 0 Å². The van der Waals surface area contributed by atoms with Gasteiger partial charge in [-0.1, -0.05) is 11.6 Å². The second-order valence-electron chi connectivity index (χ2n) is 2.88. The van der Waals surface area contributed by atoms with Gasteiger partial charge in [0.2, 0.25) is 5.91 Å². The van der Waals surface area contributed by atoms with Crippen LogP contribution in [0.4, 0.5) is 9.80 Å². The van der Waals surface area contributed by atoms with E-state index in [2.05, 4.69) is 9.69 Å². The Kier molecular flexibility index (Phi) is 4.68. The number of hydrogen-bond donors (Lipinski definition) is 3. The third kappa shape index (κ3) is 3.90. The summed E-state index contributed by atoms with van der Waals surface area (Å²) in [6, 6.07) is 0.998. The maximum atomic E-state index is 11.0. The van der Waals surface area contributed by atoms with Crippen molar-refractivity contribution in [1.82, 2.24) is 9.69 Å². The van der Waals surface area contributed by atoms with E-state index in [9.17, 15) is 9.59 Å². The predicted octanol–water partition coefficient (Wildman–Crippen LogP) is 0.665. The smallest absolute Gasteiger partial charge is 0.318 e. The van der Waals surface area contributed by atoms with Crippen LogP contribution in [0.25, 0.3) is 0 Å². The molecule has 17 heavy (non-hydrogen) atoms. The van der Waals surface area contributed by atoms with Crippen LogP contribution < -0.4 is 16.4 Å². The molecular weight excluding hydrogens is 266 g/mol. The Morgan fingerprint density at radius 1 is 1.59 bits per heavy atom. The van der Waals surface area contributed by atoms with Crippen molar-refractivity contribution in [2.75, 3.05) is 11.9 Å². The topological polar surface area (TPSA) is 121 Å². The molecule has 4 N–H and O–H groups in total. The molecule has 0 unspecified atom stereocenters. The molecule has 9 heteroatoms. The number of nitrogens with one attached hydrogen (secondary N) is 2. The van der Waals surface area contributed by atoms with Gasteiger partial charge in [-0.05, 0) is 11.5 Å². The molecule has 7 nitrogen and oxygen atoms in total. The molecule has 0 aliphatic carbocycles. The van der Waals surface area contributed by atoms with E-state index in [1.807, 2.05) is 11.4 Å². The fraction of sp³-hybridized carbons (Fsp3) is 0.250. The Labute approximate surface area is 106 Å². The number of nitrogens with two attached hydrogens (primary N) is 1. The van der Waals surface area contributed by atoms with Crippen molar-refractivity contribution in [3.63, 3.8) is 0 Å². The molecule has 0 atom stereocenters. The zero-order chi connectivity index (χ0) is 12.8. The molecule has 90 valence electrons. The van der Waals surface area contributed by atoms with Gasteiger partial charge in [-0.2, -0.15) is 9.64 Å². The number of aromatic nitrogens is 1. The fourth-order valence-electron chi connectivity index (χ4n) is 0.978. The summed E-state index contributed by atoms with van der Waals surface area (Å²) in [5, 5.41) is 14.1. The molecule has 1 rings (SSSR count). The number of urea groups is 1. The average Bonchev–Trinajstić information content (AvgIpc) is 2.58. The largest absolute Gasteiger partial charge is 0.374 e. The minimum absolute atomic E-state index is 0.0450. The average molecular weight is 274 g/mol. The summed E-state index contributed by atoms with van der Waals surface area (Å²) in [7, 11) is 0. The summed E-state index contributed by atoms with van der Waals surface area (Å²) >= 11 is 6.68. The second-order valence-corrected chi connectivity index (χ2v) is 4.01. The minimum atomic E-state index is -0.895. The third-order valence-electron chi connectivity index (χ3n) is 1.66. The van der Waals surface area contributed by atoms with E-state index in [0.29, 0.717) is 5.00 Å². The van der Waals surface area contributed by atoms with Crippen molar-refractivity contribution >= 4 is 40.1 Å². The molecule has 1 heterocycles. The summed E-state index contributed by atoms with van der Waals surface area (Å²) in [6.07, 6.45) is 0.0450. The van der Waals surface area contributed by atoms with E-state index in [1.54, 1.807) is 0 Å². The summed E-state index contributed by atoms with van der Waals surface area (Å²) in [5.74, 6) is -0.501. The van der Waals surface area contributed by atoms with Gasteiger partial charge in [-0.3, -0.25) is 10.1 Å². The molecule has 0 fully saturated rings. The zero-order valence-corrected chi connectivity index (χ0v) is 10.1. The van der Waals surface area contributed by atoms with Gasteiger partial charge in [0.05, 0.1) is 0 Å². The van der Waals surface area contributed by atoms with Crippen LogP contribution in [0.2, 0.25) is 5.15 Å². The molecule has 0 aliphatic rings. The lowest BCUT2D eigenvalue weighted by Crippen LogP contribution is -2.35. The number of carbonyl (C=O) groups excluding carboxylic acids is 2. The van der Waals surface area contributed by atoms with Crippen LogP contribution in [-0.4, -0.2) is 22.9 Å². The molecule has 0 saturated heterocycles. The monoisotopic (exact) mass is 273 g/mol. The third-order valence-corrected chi connectivity index (χ3v) is 2.84. The van der Waals surface area contributed by atoms with Crippen LogP contribution in [0.15, 0.2) is 0 Å². The first-order chi connectivity index (χ1) is 8.04. The maximum Gasteiger partial charge on any atom is 0.318 e. The van der Waals surface area contributed by atoms with E-state index in [4.69, 9.17) is 22.6 Å². The molecule has 0 spiro atoms. The molecule has 1 aromatic heterocycles. The number of nitrogens with zero attached hydrogens (tertiary/aromatic N) is 2. The Morgan fingerprint density at radius 3 is 2.88 bits per heavy atom.